The molecular formula is C21H23F2N5O2. The number of amides is 2. The topological polar surface area (TPSA) is 83.3 Å². The minimum Gasteiger partial charge on any atom is -0.396 e. The number of aliphatic hydroxyl groups is 1. The van der Waals surface area contributed by atoms with Crippen LogP contribution in [0.4, 0.5) is 19.3 Å². The van der Waals surface area contributed by atoms with Crippen molar-refractivity contribution in [1.29, 1.82) is 0 Å². The highest BCUT2D eigenvalue weighted by Gasteiger charge is 2.30. The maximum absolute atomic E-state index is 14.5. The van der Waals surface area contributed by atoms with E-state index in [1.165, 1.54) is 27.8 Å². The number of nitrogens with one attached hydrogen (secondary N) is 1. The number of rotatable bonds is 6. The summed E-state index contributed by atoms with van der Waals surface area (Å²) in [6, 6.07) is 5.71. The first-order chi connectivity index (χ1) is 14.5. The Labute approximate surface area is 172 Å². The molecule has 0 bridgehead atoms. The van der Waals surface area contributed by atoms with E-state index in [2.05, 4.69) is 22.3 Å². The highest BCUT2D eigenvalue weighted by atomic mass is 19.1. The van der Waals surface area contributed by atoms with Crippen LogP contribution in [0.3, 0.4) is 0 Å². The largest absolute Gasteiger partial charge is 0.396 e. The van der Waals surface area contributed by atoms with Crippen LogP contribution < -0.4 is 5.32 Å². The zero-order chi connectivity index (χ0) is 21.3. The lowest BCUT2D eigenvalue weighted by molar-refractivity contribution is 0.0974. The van der Waals surface area contributed by atoms with Crippen molar-refractivity contribution in [2.45, 2.75) is 31.9 Å². The summed E-state index contributed by atoms with van der Waals surface area (Å²) in [7, 11) is 0. The fourth-order valence-corrected chi connectivity index (χ4v) is 3.60. The summed E-state index contributed by atoms with van der Waals surface area (Å²) in [5.41, 5.74) is 2.03. The minimum absolute atomic E-state index is 0.0630. The van der Waals surface area contributed by atoms with Crippen LogP contribution >= 0.6 is 0 Å². The Kier molecular flexibility index (Phi) is 5.63. The lowest BCUT2D eigenvalue weighted by atomic mass is 9.94. The van der Waals surface area contributed by atoms with Crippen molar-refractivity contribution in [3.05, 3.63) is 48.0 Å². The number of aliphatic hydroxyl groups excluding tert-OH is 1. The van der Waals surface area contributed by atoms with Gasteiger partial charge in [0.15, 0.2) is 5.65 Å². The minimum atomic E-state index is -0.988. The Balaban J connectivity index is 1.60. The van der Waals surface area contributed by atoms with E-state index < -0.39 is 18.0 Å². The molecule has 1 unspecified atom stereocenters. The Bertz CT molecular complexity index is 1060. The maximum atomic E-state index is 14.5. The molecule has 4 rings (SSSR count). The van der Waals surface area contributed by atoms with Gasteiger partial charge in [-0.2, -0.15) is 0 Å². The zero-order valence-corrected chi connectivity index (χ0v) is 16.6. The van der Waals surface area contributed by atoms with Crippen molar-refractivity contribution in [1.82, 2.24) is 19.7 Å². The van der Waals surface area contributed by atoms with Crippen LogP contribution in [-0.2, 0) is 0 Å². The van der Waals surface area contributed by atoms with E-state index in [-0.39, 0.29) is 31.3 Å². The van der Waals surface area contributed by atoms with Gasteiger partial charge in [0.1, 0.15) is 17.7 Å². The molecule has 1 fully saturated rings. The number of halogens is 2. The van der Waals surface area contributed by atoms with Crippen molar-refractivity contribution >= 4 is 22.8 Å². The molecule has 2 aromatic heterocycles. The highest BCUT2D eigenvalue weighted by Crippen LogP contribution is 2.26. The molecule has 9 heteroatoms. The predicted molar refractivity (Wildman–Crippen MR) is 109 cm³/mol. The predicted octanol–water partition coefficient (Wildman–Crippen LogP) is 3.62. The van der Waals surface area contributed by atoms with Gasteiger partial charge in [-0.05, 0) is 48.6 Å². The molecule has 158 valence electrons. The fraction of sp³-hybridized carbons (Fsp3) is 0.381. The second-order valence-electron chi connectivity index (χ2n) is 7.47. The fourth-order valence-electron chi connectivity index (χ4n) is 3.60. The molecule has 2 amide bonds. The molecule has 3 heterocycles. The average Bonchev–Trinajstić information content (AvgIpc) is 3.14. The molecule has 0 aliphatic carbocycles. The quantitative estimate of drug-likeness (QED) is 0.644. The summed E-state index contributed by atoms with van der Waals surface area (Å²) >= 11 is 0. The molecule has 1 aliphatic rings. The number of likely N-dealkylation sites (tertiary alicyclic amines) is 1. The number of carbonyl (C=O) groups is 1. The molecule has 0 spiro atoms. The first-order valence-corrected chi connectivity index (χ1v) is 9.94. The van der Waals surface area contributed by atoms with Gasteiger partial charge in [0, 0.05) is 30.1 Å². The Hall–Kier alpha value is -3.07. The van der Waals surface area contributed by atoms with E-state index in [0.717, 1.165) is 17.4 Å². The Morgan fingerprint density at radius 1 is 1.37 bits per heavy atom. The third kappa shape index (κ3) is 3.97. The summed E-state index contributed by atoms with van der Waals surface area (Å²) in [4.78, 5) is 17.8. The number of pyridine rings is 1. The highest BCUT2D eigenvalue weighted by molar-refractivity contribution is 5.90. The second kappa shape index (κ2) is 8.35. The normalized spacial score (nSPS) is 15.3. The van der Waals surface area contributed by atoms with Crippen LogP contribution in [0, 0.1) is 5.82 Å². The van der Waals surface area contributed by atoms with Crippen molar-refractivity contribution < 1.29 is 18.7 Å². The molecule has 0 saturated carbocycles. The van der Waals surface area contributed by atoms with Gasteiger partial charge in [0.05, 0.1) is 13.1 Å². The second-order valence-corrected chi connectivity index (χ2v) is 7.47. The molecule has 3 aromatic rings. The number of benzene rings is 1. The smallest absolute Gasteiger partial charge is 0.322 e. The van der Waals surface area contributed by atoms with Crippen LogP contribution in [-0.4, -0.2) is 56.7 Å². The van der Waals surface area contributed by atoms with Crippen LogP contribution in [0.2, 0.25) is 0 Å². The van der Waals surface area contributed by atoms with Gasteiger partial charge in [0.25, 0.3) is 0 Å². The van der Waals surface area contributed by atoms with Gasteiger partial charge in [-0.25, -0.2) is 23.2 Å². The van der Waals surface area contributed by atoms with E-state index in [1.807, 2.05) is 6.07 Å². The zero-order valence-electron chi connectivity index (χ0n) is 16.6. The van der Waals surface area contributed by atoms with E-state index >= 15 is 0 Å². The van der Waals surface area contributed by atoms with E-state index in [9.17, 15) is 18.7 Å². The average molecular weight is 415 g/mol. The summed E-state index contributed by atoms with van der Waals surface area (Å²) in [5, 5.41) is 17.0. The monoisotopic (exact) mass is 415 g/mol. The number of hydrogen-bond acceptors (Lipinski definition) is 4. The molecule has 1 aromatic carbocycles. The van der Waals surface area contributed by atoms with Gasteiger partial charge in [0.2, 0.25) is 0 Å². The van der Waals surface area contributed by atoms with Crippen molar-refractivity contribution in [3.8, 4) is 5.69 Å². The summed E-state index contributed by atoms with van der Waals surface area (Å²) < 4.78 is 28.8. The number of hydrogen-bond donors (Lipinski definition) is 2. The molecule has 1 saturated heterocycles. The molecule has 1 aliphatic heterocycles. The number of carbonyl (C=O) groups excluding carboxylic acids is 1. The third-order valence-electron chi connectivity index (χ3n) is 5.39. The Morgan fingerprint density at radius 2 is 2.17 bits per heavy atom. The number of fused-ring (bicyclic) bond motifs is 1. The number of anilines is 1. The van der Waals surface area contributed by atoms with Crippen LogP contribution in [0.1, 0.15) is 31.2 Å². The van der Waals surface area contributed by atoms with Gasteiger partial charge >= 0.3 is 6.03 Å². The number of nitrogens with zero attached hydrogens (tertiary/aromatic N) is 4. The van der Waals surface area contributed by atoms with E-state index in [0.29, 0.717) is 17.8 Å². The summed E-state index contributed by atoms with van der Waals surface area (Å²) in [5.74, 6) is -0.309. The molecule has 30 heavy (non-hydrogen) atoms. The van der Waals surface area contributed by atoms with Crippen LogP contribution in [0.15, 0.2) is 36.7 Å². The van der Waals surface area contributed by atoms with Crippen LogP contribution in [0.25, 0.3) is 16.7 Å². The van der Waals surface area contributed by atoms with Crippen molar-refractivity contribution in [2.75, 3.05) is 25.0 Å². The first kappa shape index (κ1) is 20.2. The summed E-state index contributed by atoms with van der Waals surface area (Å²) in [6.45, 7) is 2.28. The van der Waals surface area contributed by atoms with Crippen LogP contribution in [0.5, 0.6) is 0 Å². The number of aromatic nitrogens is 3. The van der Waals surface area contributed by atoms with Gasteiger partial charge < -0.3 is 15.3 Å². The SMILES string of the molecule is CCC(CCO)c1cnc2nn(-c3cc(NC(=O)N4CC(F)C4)ccc3F)cc2c1. The van der Waals surface area contributed by atoms with Gasteiger partial charge in [-0.1, -0.05) is 6.92 Å². The number of urea groups is 1. The van der Waals surface area contributed by atoms with E-state index in [4.69, 9.17) is 0 Å². The lowest BCUT2D eigenvalue weighted by Crippen LogP contribution is -2.53. The first-order valence-electron chi connectivity index (χ1n) is 9.94. The third-order valence-corrected chi connectivity index (χ3v) is 5.39. The standard InChI is InChI=1S/C21H23F2N5O2/c1-2-13(5-6-29)14-7-15-10-28(26-20(15)24-9-14)19-8-17(3-4-18(19)23)25-21(30)27-11-16(22)12-27/h3-4,7-10,13,16,29H,2,5-6,11-12H2,1H3,(H,25,30). The molecule has 0 radical (unpaired) electrons. The lowest BCUT2D eigenvalue weighted by Gasteiger charge is -2.34. The van der Waals surface area contributed by atoms with E-state index in [1.54, 1.807) is 12.4 Å². The molecule has 7 nitrogen and oxygen atoms in total. The maximum Gasteiger partial charge on any atom is 0.322 e. The van der Waals surface area contributed by atoms with Crippen molar-refractivity contribution in [3.63, 3.8) is 0 Å². The number of alkyl halides is 1. The molecule has 2 N–H and O–H groups in total. The Morgan fingerprint density at radius 3 is 2.87 bits per heavy atom. The molecular weight excluding hydrogens is 392 g/mol. The molecule has 1 atom stereocenters. The summed E-state index contributed by atoms with van der Waals surface area (Å²) in [6.07, 6.45) is 3.96. The van der Waals surface area contributed by atoms with Crippen molar-refractivity contribution in [2.24, 2.45) is 0 Å². The van der Waals surface area contributed by atoms with Gasteiger partial charge in [-0.15, -0.1) is 5.10 Å². The van der Waals surface area contributed by atoms with Gasteiger partial charge in [-0.3, -0.25) is 0 Å².